The zero-order valence-electron chi connectivity index (χ0n) is 22.6. The van der Waals surface area contributed by atoms with Crippen LogP contribution >= 0.6 is 0 Å². The Labute approximate surface area is 209 Å². The first-order valence-corrected chi connectivity index (χ1v) is 13.9. The van der Waals surface area contributed by atoms with Crippen LogP contribution in [0.4, 0.5) is 4.79 Å². The highest BCUT2D eigenvalue weighted by Crippen LogP contribution is 2.17. The first-order chi connectivity index (χ1) is 16.4. The predicted molar refractivity (Wildman–Crippen MR) is 140 cm³/mol. The molecule has 0 fully saturated rings. The van der Waals surface area contributed by atoms with Crippen molar-refractivity contribution in [3.63, 3.8) is 0 Å². The fourth-order valence-corrected chi connectivity index (χ4v) is 3.78. The number of allylic oxidation sites excluding steroid dienone is 2. The number of hydrogen-bond donors (Lipinski definition) is 2. The van der Waals surface area contributed by atoms with Gasteiger partial charge >= 0.3 is 12.1 Å². The van der Waals surface area contributed by atoms with Crippen molar-refractivity contribution in [3.8, 4) is 0 Å². The van der Waals surface area contributed by atoms with Crippen molar-refractivity contribution in [3.05, 3.63) is 11.3 Å². The number of aliphatic hydroxyl groups is 1. The number of amides is 1. The molecule has 0 aromatic rings. The Balaban J connectivity index is 3.97. The molecule has 0 aliphatic heterocycles. The Hall–Kier alpha value is -1.72. The van der Waals surface area contributed by atoms with Crippen molar-refractivity contribution in [2.24, 2.45) is 0 Å². The number of carbonyl (C=O) groups excluding carboxylic acids is 2. The molecule has 6 heteroatoms. The molecule has 2 N–H and O–H groups in total. The highest BCUT2D eigenvalue weighted by molar-refractivity contribution is 5.69. The van der Waals surface area contributed by atoms with Crippen LogP contribution in [0.15, 0.2) is 11.3 Å². The molecule has 1 amide bonds. The average Bonchev–Trinajstić information content (AvgIpc) is 2.81. The molecule has 0 aliphatic carbocycles. The van der Waals surface area contributed by atoms with Crippen LogP contribution in [0.3, 0.4) is 0 Å². The van der Waals surface area contributed by atoms with Crippen molar-refractivity contribution < 1.29 is 24.2 Å². The highest BCUT2D eigenvalue weighted by atomic mass is 16.6. The molecule has 0 rings (SSSR count). The molecule has 0 aromatic heterocycles. The lowest BCUT2D eigenvalue weighted by Gasteiger charge is -2.18. The summed E-state index contributed by atoms with van der Waals surface area (Å²) >= 11 is 0. The first-order valence-electron chi connectivity index (χ1n) is 13.9. The number of unbranched alkanes of at least 4 members (excludes halogenated alkanes) is 10. The van der Waals surface area contributed by atoms with E-state index in [0.717, 1.165) is 44.1 Å². The van der Waals surface area contributed by atoms with Gasteiger partial charge in [0.15, 0.2) is 0 Å². The Morgan fingerprint density at radius 1 is 0.794 bits per heavy atom. The molecule has 34 heavy (non-hydrogen) atoms. The molecule has 6 nitrogen and oxygen atoms in total. The van der Waals surface area contributed by atoms with Gasteiger partial charge in [0.2, 0.25) is 0 Å². The lowest BCUT2D eigenvalue weighted by atomic mass is 10.0. The summed E-state index contributed by atoms with van der Waals surface area (Å²) < 4.78 is 10.7. The van der Waals surface area contributed by atoms with Crippen LogP contribution in [0, 0.1) is 0 Å². The van der Waals surface area contributed by atoms with Crippen molar-refractivity contribution in [1.82, 2.24) is 5.32 Å². The standard InChI is InChI=1S/C28H53NO5/c1-5-7-8-15-19-25(34-28(32)29-22-18-23-33-27(31)6-2)20-16-13-11-9-10-12-14-17-21-26(30)24(3)4/h25,30H,5-23H2,1-4H3,(H,29,32). The number of hydrogen-bond acceptors (Lipinski definition) is 5. The third-order valence-corrected chi connectivity index (χ3v) is 6.06. The number of carbonyl (C=O) groups is 2. The van der Waals surface area contributed by atoms with Crippen LogP contribution in [-0.2, 0) is 14.3 Å². The van der Waals surface area contributed by atoms with Crippen LogP contribution < -0.4 is 5.32 Å². The smallest absolute Gasteiger partial charge is 0.407 e. The largest absolute Gasteiger partial charge is 0.512 e. The van der Waals surface area contributed by atoms with Gasteiger partial charge in [-0.1, -0.05) is 71.6 Å². The number of nitrogens with one attached hydrogen (secondary N) is 1. The minimum Gasteiger partial charge on any atom is -0.512 e. The van der Waals surface area contributed by atoms with E-state index in [1.165, 1.54) is 57.8 Å². The molecule has 0 radical (unpaired) electrons. The molecule has 0 bridgehead atoms. The maximum Gasteiger partial charge on any atom is 0.407 e. The maximum absolute atomic E-state index is 12.2. The van der Waals surface area contributed by atoms with Crippen LogP contribution in [0.25, 0.3) is 0 Å². The summed E-state index contributed by atoms with van der Waals surface area (Å²) in [4.78, 5) is 23.3. The van der Waals surface area contributed by atoms with Crippen molar-refractivity contribution in [2.45, 2.75) is 143 Å². The molecular weight excluding hydrogens is 430 g/mol. The number of ether oxygens (including phenoxy) is 2. The summed E-state index contributed by atoms with van der Waals surface area (Å²) in [6, 6.07) is 0. The number of esters is 1. The van der Waals surface area contributed by atoms with E-state index in [1.807, 2.05) is 13.8 Å². The summed E-state index contributed by atoms with van der Waals surface area (Å²) in [6.45, 7) is 8.65. The van der Waals surface area contributed by atoms with E-state index in [1.54, 1.807) is 6.92 Å². The molecule has 0 aromatic carbocycles. The lowest BCUT2D eigenvalue weighted by molar-refractivity contribution is -0.143. The van der Waals surface area contributed by atoms with Gasteiger partial charge in [-0.3, -0.25) is 4.79 Å². The highest BCUT2D eigenvalue weighted by Gasteiger charge is 2.14. The molecule has 200 valence electrons. The summed E-state index contributed by atoms with van der Waals surface area (Å²) in [5.74, 6) is 0.340. The Bertz CT molecular complexity index is 543. The Morgan fingerprint density at radius 3 is 1.91 bits per heavy atom. The topological polar surface area (TPSA) is 84.9 Å². The first kappa shape index (κ1) is 32.3. The van der Waals surface area contributed by atoms with Gasteiger partial charge in [0.05, 0.1) is 12.4 Å². The van der Waals surface area contributed by atoms with E-state index < -0.39 is 0 Å². The van der Waals surface area contributed by atoms with E-state index in [0.29, 0.717) is 31.8 Å². The van der Waals surface area contributed by atoms with Crippen LogP contribution in [0.2, 0.25) is 0 Å². The van der Waals surface area contributed by atoms with Gasteiger partial charge in [0.1, 0.15) is 6.10 Å². The molecule has 1 atom stereocenters. The van der Waals surface area contributed by atoms with E-state index >= 15 is 0 Å². The van der Waals surface area contributed by atoms with Gasteiger partial charge in [-0.05, 0) is 57.9 Å². The summed E-state index contributed by atoms with van der Waals surface area (Å²) in [5, 5.41) is 12.5. The van der Waals surface area contributed by atoms with E-state index in [2.05, 4.69) is 12.2 Å². The monoisotopic (exact) mass is 483 g/mol. The van der Waals surface area contributed by atoms with Crippen molar-refractivity contribution in [2.75, 3.05) is 13.2 Å². The molecular formula is C28H53NO5. The van der Waals surface area contributed by atoms with E-state index in [-0.39, 0.29) is 18.2 Å². The summed E-state index contributed by atoms with van der Waals surface area (Å²) in [6.07, 6.45) is 17.4. The Morgan fingerprint density at radius 2 is 1.35 bits per heavy atom. The zero-order valence-corrected chi connectivity index (χ0v) is 22.6. The average molecular weight is 484 g/mol. The second-order valence-corrected chi connectivity index (χ2v) is 9.54. The minimum atomic E-state index is -0.360. The van der Waals surface area contributed by atoms with Gasteiger partial charge in [-0.2, -0.15) is 0 Å². The fourth-order valence-electron chi connectivity index (χ4n) is 3.78. The lowest BCUT2D eigenvalue weighted by Crippen LogP contribution is -2.30. The second-order valence-electron chi connectivity index (χ2n) is 9.54. The molecule has 0 aliphatic rings. The summed E-state index contributed by atoms with van der Waals surface area (Å²) in [5.41, 5.74) is 1.03. The molecule has 0 saturated heterocycles. The van der Waals surface area contributed by atoms with Crippen LogP contribution in [0.5, 0.6) is 0 Å². The number of rotatable bonds is 22. The van der Waals surface area contributed by atoms with Crippen molar-refractivity contribution in [1.29, 1.82) is 0 Å². The molecule has 1 unspecified atom stereocenters. The van der Waals surface area contributed by atoms with Gasteiger partial charge in [-0.15, -0.1) is 0 Å². The van der Waals surface area contributed by atoms with Gasteiger partial charge in [0, 0.05) is 19.4 Å². The number of alkyl carbamates (subject to hydrolysis) is 1. The van der Waals surface area contributed by atoms with Gasteiger partial charge in [0.25, 0.3) is 0 Å². The van der Waals surface area contributed by atoms with E-state index in [9.17, 15) is 14.7 Å². The normalized spacial score (nSPS) is 11.6. The van der Waals surface area contributed by atoms with Crippen LogP contribution in [0.1, 0.15) is 137 Å². The molecule has 0 heterocycles. The van der Waals surface area contributed by atoms with Crippen LogP contribution in [-0.4, -0.2) is 36.4 Å². The van der Waals surface area contributed by atoms with Gasteiger partial charge in [-0.25, -0.2) is 4.79 Å². The van der Waals surface area contributed by atoms with Gasteiger partial charge < -0.3 is 19.9 Å². The maximum atomic E-state index is 12.2. The third kappa shape index (κ3) is 20.9. The molecule has 0 spiro atoms. The predicted octanol–water partition coefficient (Wildman–Crippen LogP) is 8.15. The van der Waals surface area contributed by atoms with E-state index in [4.69, 9.17) is 9.47 Å². The Kier molecular flexibility index (Phi) is 21.9. The quantitative estimate of drug-likeness (QED) is 0.0922. The second kappa shape index (κ2) is 23.0. The third-order valence-electron chi connectivity index (χ3n) is 6.06. The summed E-state index contributed by atoms with van der Waals surface area (Å²) in [7, 11) is 0. The van der Waals surface area contributed by atoms with Crippen molar-refractivity contribution >= 4 is 12.1 Å². The SMILES string of the molecule is CCCCCCC(CCCCCCCCCCC(O)=C(C)C)OC(=O)NCCCOC(=O)CC. The minimum absolute atomic E-state index is 0.0162. The fraction of sp³-hybridized carbons (Fsp3) is 0.857. The zero-order chi connectivity index (χ0) is 25.4. The number of aliphatic hydroxyl groups excluding tert-OH is 1. The molecule has 0 saturated carbocycles.